The van der Waals surface area contributed by atoms with Crippen LogP contribution in [0.15, 0.2) is 146 Å². The lowest BCUT2D eigenvalue weighted by Gasteiger charge is -2.29. The Kier molecular flexibility index (Phi) is 7.29. The van der Waals surface area contributed by atoms with Gasteiger partial charge in [0.05, 0.1) is 28.6 Å². The zero-order valence-corrected chi connectivity index (χ0v) is 26.0. The van der Waals surface area contributed by atoms with E-state index in [0.29, 0.717) is 44.9 Å². The fourth-order valence-corrected chi connectivity index (χ4v) is 6.92. The Bertz CT molecular complexity index is 2650. The van der Waals surface area contributed by atoms with Gasteiger partial charge in [-0.2, -0.15) is 10.5 Å². The number of benzene rings is 8. The molecule has 0 aliphatic carbocycles. The normalized spacial score (nSPS) is 11.6. The number of rotatable bonds is 6. The molecular weight excluding hydrogens is 609 g/mol. The SMILES string of the molecule is N#Cc1cc2ccc3c(N(c4ccccc4)c4ccccc4F)c(C#N)cc4ccc(c1C(=Cc1ccccc1)c1ccccc1F)c2c43. The number of hydrogen-bond acceptors (Lipinski definition) is 3. The molecule has 49 heavy (non-hydrogen) atoms. The molecule has 0 saturated carbocycles. The second-order valence-corrected chi connectivity index (χ2v) is 11.8. The van der Waals surface area contributed by atoms with Gasteiger partial charge in [-0.05, 0) is 86.6 Å². The van der Waals surface area contributed by atoms with Gasteiger partial charge in [-0.15, -0.1) is 0 Å². The Balaban J connectivity index is 1.51. The van der Waals surface area contributed by atoms with Crippen LogP contribution in [0.3, 0.4) is 0 Å². The summed E-state index contributed by atoms with van der Waals surface area (Å²) < 4.78 is 31.3. The van der Waals surface area contributed by atoms with E-state index >= 15 is 8.78 Å². The molecule has 8 rings (SSSR count). The third kappa shape index (κ3) is 4.93. The van der Waals surface area contributed by atoms with E-state index in [-0.39, 0.29) is 0 Å². The molecule has 0 spiro atoms. The Morgan fingerprint density at radius 3 is 1.82 bits per heavy atom. The van der Waals surface area contributed by atoms with Gasteiger partial charge in [-0.1, -0.05) is 103 Å². The maximum absolute atomic E-state index is 15.6. The largest absolute Gasteiger partial charge is 0.306 e. The quantitative estimate of drug-likeness (QED) is 0.135. The van der Waals surface area contributed by atoms with E-state index in [1.54, 1.807) is 41.3 Å². The van der Waals surface area contributed by atoms with Crippen molar-refractivity contribution in [1.82, 2.24) is 0 Å². The minimum atomic E-state index is -0.428. The minimum absolute atomic E-state index is 0.306. The van der Waals surface area contributed by atoms with Crippen LogP contribution >= 0.6 is 0 Å². The van der Waals surface area contributed by atoms with E-state index < -0.39 is 11.6 Å². The lowest BCUT2D eigenvalue weighted by Crippen LogP contribution is -2.14. The second-order valence-electron chi connectivity index (χ2n) is 11.8. The molecule has 0 fully saturated rings. The van der Waals surface area contributed by atoms with Gasteiger partial charge in [0.1, 0.15) is 17.7 Å². The van der Waals surface area contributed by atoms with Crippen LogP contribution in [0, 0.1) is 34.3 Å². The maximum Gasteiger partial charge on any atom is 0.147 e. The first-order valence-electron chi connectivity index (χ1n) is 15.8. The number of anilines is 3. The molecule has 0 bridgehead atoms. The molecule has 0 aliphatic heterocycles. The highest BCUT2D eigenvalue weighted by Crippen LogP contribution is 2.48. The summed E-state index contributed by atoms with van der Waals surface area (Å²) in [6.45, 7) is 0. The van der Waals surface area contributed by atoms with E-state index in [1.807, 2.05) is 103 Å². The highest BCUT2D eigenvalue weighted by Gasteiger charge is 2.26. The molecule has 0 amide bonds. The fraction of sp³-hybridized carbons (Fsp3) is 0. The number of hydrogen-bond donors (Lipinski definition) is 0. The zero-order chi connectivity index (χ0) is 33.5. The van der Waals surface area contributed by atoms with E-state index in [9.17, 15) is 10.5 Å². The van der Waals surface area contributed by atoms with Crippen molar-refractivity contribution in [3.05, 3.63) is 185 Å². The number of nitrogens with zero attached hydrogens (tertiary/aromatic N) is 3. The van der Waals surface area contributed by atoms with Crippen LogP contribution in [0.5, 0.6) is 0 Å². The molecule has 3 nitrogen and oxygen atoms in total. The van der Waals surface area contributed by atoms with Crippen molar-refractivity contribution >= 4 is 61.0 Å². The number of nitriles is 2. The van der Waals surface area contributed by atoms with Gasteiger partial charge in [0.2, 0.25) is 0 Å². The van der Waals surface area contributed by atoms with Gasteiger partial charge < -0.3 is 4.90 Å². The van der Waals surface area contributed by atoms with Gasteiger partial charge in [0.25, 0.3) is 0 Å². The van der Waals surface area contributed by atoms with Gasteiger partial charge in [-0.25, -0.2) is 8.78 Å². The molecule has 8 aromatic rings. The summed E-state index contributed by atoms with van der Waals surface area (Å²) in [5.41, 5.74) is 4.76. The van der Waals surface area contributed by atoms with Crippen molar-refractivity contribution in [1.29, 1.82) is 10.5 Å². The van der Waals surface area contributed by atoms with Crippen LogP contribution in [-0.2, 0) is 0 Å². The minimum Gasteiger partial charge on any atom is -0.306 e. The summed E-state index contributed by atoms with van der Waals surface area (Å²) in [6, 6.07) is 48.4. The van der Waals surface area contributed by atoms with Crippen LogP contribution in [0.2, 0.25) is 0 Å². The molecule has 5 heteroatoms. The van der Waals surface area contributed by atoms with Crippen molar-refractivity contribution in [3.8, 4) is 12.1 Å². The van der Waals surface area contributed by atoms with Crippen LogP contribution in [0.1, 0.15) is 27.8 Å². The summed E-state index contributed by atoms with van der Waals surface area (Å²) in [5, 5.41) is 26.0. The summed E-state index contributed by atoms with van der Waals surface area (Å²) in [6.07, 6.45) is 1.92. The number of para-hydroxylation sites is 2. The van der Waals surface area contributed by atoms with Gasteiger partial charge in [0, 0.05) is 22.2 Å². The van der Waals surface area contributed by atoms with Crippen LogP contribution in [0.4, 0.5) is 25.8 Å². The Morgan fingerprint density at radius 1 is 0.571 bits per heavy atom. The Hall–Kier alpha value is -6.82. The van der Waals surface area contributed by atoms with Crippen molar-refractivity contribution in [3.63, 3.8) is 0 Å². The smallest absolute Gasteiger partial charge is 0.147 e. The first-order chi connectivity index (χ1) is 24.1. The van der Waals surface area contributed by atoms with Gasteiger partial charge in [-0.3, -0.25) is 0 Å². The van der Waals surface area contributed by atoms with Crippen molar-refractivity contribution in [2.75, 3.05) is 4.90 Å². The van der Waals surface area contributed by atoms with Crippen LogP contribution < -0.4 is 4.90 Å². The first kappa shape index (κ1) is 29.6. The topological polar surface area (TPSA) is 50.8 Å². The van der Waals surface area contributed by atoms with Gasteiger partial charge >= 0.3 is 0 Å². The molecule has 0 atom stereocenters. The van der Waals surface area contributed by atoms with Crippen molar-refractivity contribution < 1.29 is 8.78 Å². The second kappa shape index (κ2) is 12.1. The molecule has 0 unspecified atom stereocenters. The average molecular weight is 634 g/mol. The maximum atomic E-state index is 15.6. The monoisotopic (exact) mass is 633 g/mol. The summed E-state index contributed by atoms with van der Waals surface area (Å²) in [4.78, 5) is 1.79. The predicted octanol–water partition coefficient (Wildman–Crippen LogP) is 11.7. The lowest BCUT2D eigenvalue weighted by atomic mass is 9.83. The Morgan fingerprint density at radius 2 is 1.14 bits per heavy atom. The summed E-state index contributed by atoms with van der Waals surface area (Å²) in [5.74, 6) is -0.828. The number of halogens is 2. The highest BCUT2D eigenvalue weighted by molar-refractivity contribution is 6.28. The fourth-order valence-electron chi connectivity index (χ4n) is 6.92. The van der Waals surface area contributed by atoms with Crippen LogP contribution in [-0.4, -0.2) is 0 Å². The molecule has 0 N–H and O–H groups in total. The summed E-state index contributed by atoms with van der Waals surface area (Å²) >= 11 is 0. The van der Waals surface area contributed by atoms with E-state index in [4.69, 9.17) is 0 Å². The van der Waals surface area contributed by atoms with Crippen LogP contribution in [0.25, 0.3) is 44.0 Å². The zero-order valence-electron chi connectivity index (χ0n) is 26.0. The average Bonchev–Trinajstić information content (AvgIpc) is 3.15. The Labute approximate surface area is 281 Å². The molecular formula is C44H25F2N3. The molecule has 0 aliphatic rings. The van der Waals surface area contributed by atoms with E-state index in [2.05, 4.69) is 12.1 Å². The molecule has 230 valence electrons. The first-order valence-corrected chi connectivity index (χ1v) is 15.8. The summed E-state index contributed by atoms with van der Waals surface area (Å²) in [7, 11) is 0. The molecule has 0 radical (unpaired) electrons. The lowest BCUT2D eigenvalue weighted by molar-refractivity contribution is 0.624. The predicted molar refractivity (Wildman–Crippen MR) is 194 cm³/mol. The van der Waals surface area contributed by atoms with Crippen molar-refractivity contribution in [2.24, 2.45) is 0 Å². The highest BCUT2D eigenvalue weighted by atomic mass is 19.1. The molecule has 0 aromatic heterocycles. The third-order valence-electron chi connectivity index (χ3n) is 8.99. The van der Waals surface area contributed by atoms with E-state index in [0.717, 1.165) is 37.9 Å². The van der Waals surface area contributed by atoms with E-state index in [1.165, 1.54) is 12.1 Å². The van der Waals surface area contributed by atoms with Crippen molar-refractivity contribution in [2.45, 2.75) is 0 Å². The van der Waals surface area contributed by atoms with Gasteiger partial charge in [0.15, 0.2) is 0 Å². The third-order valence-corrected chi connectivity index (χ3v) is 8.99. The molecule has 0 heterocycles. The standard InChI is InChI=1S/C44H25F2N3/c45-38-16-8-7-15-34(38)37(23-28-11-3-1-4-12-28)41-31(26-47)24-29-20-22-36-43-30(19-21-35(41)42(29)43)25-32(27-48)44(36)49(33-13-5-2-6-14-33)40-18-10-9-17-39(40)46/h1-25H. The molecule has 0 saturated heterocycles. The molecule has 8 aromatic carbocycles.